The molecule has 1 saturated heterocycles. The van der Waals surface area contributed by atoms with E-state index in [1.807, 2.05) is 18.4 Å². The zero-order chi connectivity index (χ0) is 18.7. The van der Waals surface area contributed by atoms with E-state index in [4.69, 9.17) is 14.2 Å². The Balaban J connectivity index is 1.84. The number of benzene rings is 1. The predicted octanol–water partition coefficient (Wildman–Crippen LogP) is 2.87. The van der Waals surface area contributed by atoms with E-state index in [-0.39, 0.29) is 24.0 Å². The molecule has 0 amide bonds. The average molecular weight is 357 g/mol. The van der Waals surface area contributed by atoms with Crippen molar-refractivity contribution in [1.29, 1.82) is 0 Å². The average Bonchev–Trinajstić information content (AvgIpc) is 3.11. The lowest BCUT2D eigenvalue weighted by Crippen LogP contribution is -2.19. The topological polar surface area (TPSA) is 66.8 Å². The maximum absolute atomic E-state index is 12.8. The summed E-state index contributed by atoms with van der Waals surface area (Å²) in [6.45, 7) is 4.48. The van der Waals surface area contributed by atoms with Gasteiger partial charge in [-0.2, -0.15) is 0 Å². The molecule has 6 nitrogen and oxygen atoms in total. The molecular weight excluding hydrogens is 334 g/mol. The van der Waals surface area contributed by atoms with Crippen LogP contribution >= 0.6 is 0 Å². The minimum atomic E-state index is -0.308. The normalized spacial score (nSPS) is 16.5. The number of carbonyl (C=O) groups excluding carboxylic acids is 1. The first-order valence-electron chi connectivity index (χ1n) is 8.65. The van der Waals surface area contributed by atoms with Gasteiger partial charge in [0.05, 0.1) is 20.3 Å². The van der Waals surface area contributed by atoms with Crippen LogP contribution in [0, 0.1) is 13.8 Å². The first-order chi connectivity index (χ1) is 12.5. The lowest BCUT2D eigenvalue weighted by molar-refractivity contribution is -0.0403. The molecule has 0 N–H and O–H groups in total. The van der Waals surface area contributed by atoms with Gasteiger partial charge in [-0.25, -0.2) is 0 Å². The summed E-state index contributed by atoms with van der Waals surface area (Å²) >= 11 is 0. The molecular formula is C20H23NO5. The van der Waals surface area contributed by atoms with Gasteiger partial charge in [0.2, 0.25) is 0 Å². The largest absolute Gasteiger partial charge is 0.493 e. The zero-order valence-electron chi connectivity index (χ0n) is 15.3. The van der Waals surface area contributed by atoms with Crippen molar-refractivity contribution in [3.05, 3.63) is 57.5 Å². The van der Waals surface area contributed by atoms with Crippen molar-refractivity contribution in [2.24, 2.45) is 0 Å². The van der Waals surface area contributed by atoms with Crippen molar-refractivity contribution in [1.82, 2.24) is 4.57 Å². The number of ketones is 1. The highest BCUT2D eigenvalue weighted by Gasteiger charge is 2.20. The highest BCUT2D eigenvalue weighted by Crippen LogP contribution is 2.31. The van der Waals surface area contributed by atoms with Crippen LogP contribution in [-0.4, -0.2) is 30.4 Å². The molecule has 26 heavy (non-hydrogen) atoms. The van der Waals surface area contributed by atoms with E-state index in [0.717, 1.165) is 24.2 Å². The van der Waals surface area contributed by atoms with Crippen LogP contribution in [0.3, 0.4) is 0 Å². The summed E-state index contributed by atoms with van der Waals surface area (Å²) in [5.41, 5.74) is 1.98. The van der Waals surface area contributed by atoms with E-state index < -0.39 is 0 Å². The number of methoxy groups -OCH3 is 1. The Kier molecular flexibility index (Phi) is 5.42. The SMILES string of the molecule is COc1ccc(C(=O)Cn2c(C)cc(=O)cc2C)cc1OC1CCCO1. The van der Waals surface area contributed by atoms with Crippen LogP contribution in [0.5, 0.6) is 11.5 Å². The minimum absolute atomic E-state index is 0.0552. The minimum Gasteiger partial charge on any atom is -0.493 e. The molecule has 2 aromatic rings. The standard InChI is InChI=1S/C20H23NO5/c1-13-9-16(22)10-14(2)21(13)12-17(23)15-6-7-18(24-3)19(11-15)26-20-5-4-8-25-20/h6-7,9-11,20H,4-5,8,12H2,1-3H3. The van der Waals surface area contributed by atoms with Crippen LogP contribution in [-0.2, 0) is 11.3 Å². The number of rotatable bonds is 6. The molecule has 0 bridgehead atoms. The molecule has 0 radical (unpaired) electrons. The van der Waals surface area contributed by atoms with Gasteiger partial charge in [-0.1, -0.05) is 0 Å². The molecule has 1 aliphatic rings. The van der Waals surface area contributed by atoms with Crippen molar-refractivity contribution >= 4 is 5.78 Å². The number of Topliss-reactive ketones (excluding diaryl/α,β-unsaturated/α-hetero) is 1. The Morgan fingerprint density at radius 3 is 2.54 bits per heavy atom. The molecule has 1 atom stereocenters. The number of hydrogen-bond acceptors (Lipinski definition) is 5. The van der Waals surface area contributed by atoms with E-state index >= 15 is 0 Å². The van der Waals surface area contributed by atoms with Crippen LogP contribution in [0.2, 0.25) is 0 Å². The van der Waals surface area contributed by atoms with Gasteiger partial charge in [-0.3, -0.25) is 9.59 Å². The zero-order valence-corrected chi connectivity index (χ0v) is 15.3. The Morgan fingerprint density at radius 1 is 1.19 bits per heavy atom. The third-order valence-corrected chi connectivity index (χ3v) is 4.49. The highest BCUT2D eigenvalue weighted by atomic mass is 16.7. The summed E-state index contributed by atoms with van der Waals surface area (Å²) in [7, 11) is 1.56. The van der Waals surface area contributed by atoms with Gasteiger partial charge < -0.3 is 18.8 Å². The fourth-order valence-electron chi connectivity index (χ4n) is 3.10. The number of pyridine rings is 1. The van der Waals surface area contributed by atoms with Crippen molar-refractivity contribution in [2.45, 2.75) is 39.5 Å². The molecule has 1 aliphatic heterocycles. The third kappa shape index (κ3) is 3.96. The van der Waals surface area contributed by atoms with Crippen LogP contribution in [0.25, 0.3) is 0 Å². The molecule has 1 aromatic carbocycles. The predicted molar refractivity (Wildman–Crippen MR) is 97.1 cm³/mol. The van der Waals surface area contributed by atoms with Crippen molar-refractivity contribution in [2.75, 3.05) is 13.7 Å². The smallest absolute Gasteiger partial charge is 0.200 e. The maximum Gasteiger partial charge on any atom is 0.200 e. The van der Waals surface area contributed by atoms with Gasteiger partial charge in [-0.15, -0.1) is 0 Å². The van der Waals surface area contributed by atoms with Crippen molar-refractivity contribution in [3.8, 4) is 11.5 Å². The second-order valence-electron chi connectivity index (χ2n) is 6.41. The Morgan fingerprint density at radius 2 is 1.92 bits per heavy atom. The summed E-state index contributed by atoms with van der Waals surface area (Å²) in [5.74, 6) is 0.992. The summed E-state index contributed by atoms with van der Waals surface area (Å²) in [6, 6.07) is 8.19. The quantitative estimate of drug-likeness (QED) is 0.744. The third-order valence-electron chi connectivity index (χ3n) is 4.49. The number of ether oxygens (including phenoxy) is 3. The summed E-state index contributed by atoms with van der Waals surface area (Å²) < 4.78 is 18.5. The molecule has 1 fully saturated rings. The first kappa shape index (κ1) is 18.2. The van der Waals surface area contributed by atoms with Crippen LogP contribution < -0.4 is 14.9 Å². The van der Waals surface area contributed by atoms with Crippen LogP contribution in [0.15, 0.2) is 35.1 Å². The molecule has 0 spiro atoms. The number of carbonyl (C=O) groups is 1. The van der Waals surface area contributed by atoms with E-state index in [0.29, 0.717) is 23.7 Å². The van der Waals surface area contributed by atoms with Gasteiger partial charge >= 0.3 is 0 Å². The molecule has 0 aliphatic carbocycles. The molecule has 1 unspecified atom stereocenters. The van der Waals surface area contributed by atoms with Gasteiger partial charge in [-0.05, 0) is 38.5 Å². The first-order valence-corrected chi connectivity index (χ1v) is 8.65. The van der Waals surface area contributed by atoms with E-state index in [9.17, 15) is 9.59 Å². The number of aromatic nitrogens is 1. The molecule has 6 heteroatoms. The van der Waals surface area contributed by atoms with Crippen LogP contribution in [0.4, 0.5) is 0 Å². The Bertz CT molecular complexity index is 839. The van der Waals surface area contributed by atoms with Crippen molar-refractivity contribution < 1.29 is 19.0 Å². The van der Waals surface area contributed by atoms with Crippen molar-refractivity contribution in [3.63, 3.8) is 0 Å². The highest BCUT2D eigenvalue weighted by molar-refractivity contribution is 5.96. The van der Waals surface area contributed by atoms with Gasteiger partial charge in [0.15, 0.2) is 29.0 Å². The fourth-order valence-corrected chi connectivity index (χ4v) is 3.10. The molecule has 1 aromatic heterocycles. The van der Waals surface area contributed by atoms with Crippen LogP contribution in [0.1, 0.15) is 34.6 Å². The number of nitrogens with zero attached hydrogens (tertiary/aromatic N) is 1. The molecule has 2 heterocycles. The summed E-state index contributed by atoms with van der Waals surface area (Å²) in [6.07, 6.45) is 1.46. The Labute approximate surface area is 152 Å². The number of aryl methyl sites for hydroxylation is 2. The van der Waals surface area contributed by atoms with Gasteiger partial charge in [0, 0.05) is 35.5 Å². The summed E-state index contributed by atoms with van der Waals surface area (Å²) in [5, 5.41) is 0. The molecule has 0 saturated carbocycles. The lowest BCUT2D eigenvalue weighted by atomic mass is 10.1. The van der Waals surface area contributed by atoms with Gasteiger partial charge in [0.25, 0.3) is 0 Å². The van der Waals surface area contributed by atoms with E-state index in [1.165, 1.54) is 12.1 Å². The second-order valence-corrected chi connectivity index (χ2v) is 6.41. The summed E-state index contributed by atoms with van der Waals surface area (Å²) in [4.78, 5) is 24.3. The molecule has 138 valence electrons. The molecule has 3 rings (SSSR count). The Hall–Kier alpha value is -2.60. The van der Waals surface area contributed by atoms with E-state index in [1.54, 1.807) is 25.3 Å². The van der Waals surface area contributed by atoms with Gasteiger partial charge in [0.1, 0.15) is 0 Å². The number of hydrogen-bond donors (Lipinski definition) is 0. The fraction of sp³-hybridized carbons (Fsp3) is 0.400. The van der Waals surface area contributed by atoms with E-state index in [2.05, 4.69) is 0 Å². The maximum atomic E-state index is 12.8. The lowest BCUT2D eigenvalue weighted by Gasteiger charge is -2.17. The monoisotopic (exact) mass is 357 g/mol. The second kappa shape index (κ2) is 7.74.